The SMILES string of the molecule is Cc1nc(CCNC(=O)c2ccc(-c3ccn[nH]3)cc2)nc2c1CCC2. The molecule has 1 aliphatic carbocycles. The molecule has 0 bridgehead atoms. The summed E-state index contributed by atoms with van der Waals surface area (Å²) in [6.07, 6.45) is 5.65. The summed E-state index contributed by atoms with van der Waals surface area (Å²) in [5.74, 6) is 0.733. The fourth-order valence-electron chi connectivity index (χ4n) is 3.40. The number of nitrogens with zero attached hydrogens (tertiary/aromatic N) is 3. The van der Waals surface area contributed by atoms with Gasteiger partial charge in [0, 0.05) is 36.1 Å². The number of nitrogens with one attached hydrogen (secondary N) is 2. The Morgan fingerprint density at radius 3 is 2.77 bits per heavy atom. The molecule has 0 spiro atoms. The van der Waals surface area contributed by atoms with E-state index < -0.39 is 0 Å². The summed E-state index contributed by atoms with van der Waals surface area (Å²) in [7, 11) is 0. The van der Waals surface area contributed by atoms with E-state index in [0.717, 1.165) is 35.6 Å². The van der Waals surface area contributed by atoms with Gasteiger partial charge in [-0.15, -0.1) is 0 Å². The van der Waals surface area contributed by atoms with E-state index in [4.69, 9.17) is 0 Å². The van der Waals surface area contributed by atoms with Crippen molar-refractivity contribution in [3.63, 3.8) is 0 Å². The molecule has 2 N–H and O–H groups in total. The van der Waals surface area contributed by atoms with Crippen LogP contribution in [0.5, 0.6) is 0 Å². The number of fused-ring (bicyclic) bond motifs is 1. The molecule has 6 nitrogen and oxygen atoms in total. The first-order chi connectivity index (χ1) is 12.7. The van der Waals surface area contributed by atoms with Crippen molar-refractivity contribution in [1.29, 1.82) is 0 Å². The van der Waals surface area contributed by atoms with Gasteiger partial charge >= 0.3 is 0 Å². The molecular weight excluding hydrogens is 326 g/mol. The first kappa shape index (κ1) is 16.4. The van der Waals surface area contributed by atoms with Crippen molar-refractivity contribution < 1.29 is 4.79 Å². The Hall–Kier alpha value is -3.02. The van der Waals surface area contributed by atoms with Crippen LogP contribution in [0.15, 0.2) is 36.5 Å². The van der Waals surface area contributed by atoms with E-state index in [9.17, 15) is 4.79 Å². The van der Waals surface area contributed by atoms with E-state index in [-0.39, 0.29) is 5.91 Å². The molecular formula is C20H21N5O. The largest absolute Gasteiger partial charge is 0.352 e. The second kappa shape index (κ2) is 7.07. The Kier molecular flexibility index (Phi) is 4.48. The van der Waals surface area contributed by atoms with Gasteiger partial charge in [-0.25, -0.2) is 9.97 Å². The predicted octanol–water partition coefficient (Wildman–Crippen LogP) is 2.64. The molecule has 3 aromatic rings. The van der Waals surface area contributed by atoms with Crippen LogP contribution in [-0.2, 0) is 19.3 Å². The maximum Gasteiger partial charge on any atom is 0.251 e. The molecule has 6 heteroatoms. The molecule has 0 aliphatic heterocycles. The number of aromatic amines is 1. The number of hydrogen-bond donors (Lipinski definition) is 2. The lowest BCUT2D eigenvalue weighted by atomic mass is 10.1. The molecule has 1 amide bonds. The normalized spacial score (nSPS) is 12.8. The minimum atomic E-state index is -0.0842. The third kappa shape index (κ3) is 3.35. The van der Waals surface area contributed by atoms with Crippen LogP contribution in [0.1, 0.15) is 39.6 Å². The van der Waals surface area contributed by atoms with Crippen molar-refractivity contribution in [2.75, 3.05) is 6.54 Å². The summed E-state index contributed by atoms with van der Waals surface area (Å²) in [5.41, 5.74) is 6.16. The summed E-state index contributed by atoms with van der Waals surface area (Å²) in [4.78, 5) is 21.5. The summed E-state index contributed by atoms with van der Waals surface area (Å²) in [6, 6.07) is 9.36. The molecule has 4 rings (SSSR count). The van der Waals surface area contributed by atoms with E-state index in [1.54, 1.807) is 6.20 Å². The van der Waals surface area contributed by atoms with Gasteiger partial charge in [-0.1, -0.05) is 12.1 Å². The van der Waals surface area contributed by atoms with Gasteiger partial charge in [0.2, 0.25) is 0 Å². The molecule has 0 atom stereocenters. The Morgan fingerprint density at radius 2 is 2.00 bits per heavy atom. The van der Waals surface area contributed by atoms with Crippen molar-refractivity contribution in [3.05, 3.63) is 64.9 Å². The van der Waals surface area contributed by atoms with E-state index in [0.29, 0.717) is 18.5 Å². The molecule has 0 saturated carbocycles. The van der Waals surface area contributed by atoms with E-state index in [1.165, 1.54) is 17.7 Å². The maximum absolute atomic E-state index is 12.3. The van der Waals surface area contributed by atoms with Crippen LogP contribution < -0.4 is 5.32 Å². The minimum absolute atomic E-state index is 0.0842. The van der Waals surface area contributed by atoms with Gasteiger partial charge in [0.15, 0.2) is 0 Å². The second-order valence-electron chi connectivity index (χ2n) is 6.56. The number of benzene rings is 1. The van der Waals surface area contributed by atoms with Crippen LogP contribution >= 0.6 is 0 Å². The number of H-pyrrole nitrogens is 1. The summed E-state index contributed by atoms with van der Waals surface area (Å²) in [5, 5.41) is 9.80. The van der Waals surface area contributed by atoms with Crippen molar-refractivity contribution in [3.8, 4) is 11.3 Å². The van der Waals surface area contributed by atoms with Crippen molar-refractivity contribution >= 4 is 5.91 Å². The average molecular weight is 347 g/mol. The topological polar surface area (TPSA) is 83.6 Å². The Bertz CT molecular complexity index is 916. The van der Waals surface area contributed by atoms with Crippen molar-refractivity contribution in [2.24, 2.45) is 0 Å². The van der Waals surface area contributed by atoms with Crippen LogP contribution in [0, 0.1) is 6.92 Å². The highest BCUT2D eigenvalue weighted by Crippen LogP contribution is 2.22. The Labute approximate surface area is 152 Å². The molecule has 2 aromatic heterocycles. The third-order valence-electron chi connectivity index (χ3n) is 4.78. The zero-order valence-corrected chi connectivity index (χ0v) is 14.7. The molecule has 132 valence electrons. The van der Waals surface area contributed by atoms with Gasteiger partial charge in [0.25, 0.3) is 5.91 Å². The smallest absolute Gasteiger partial charge is 0.251 e. The van der Waals surface area contributed by atoms with Crippen LogP contribution in [0.3, 0.4) is 0 Å². The van der Waals surface area contributed by atoms with Gasteiger partial charge < -0.3 is 5.32 Å². The first-order valence-electron chi connectivity index (χ1n) is 8.94. The van der Waals surface area contributed by atoms with Crippen LogP contribution in [0.2, 0.25) is 0 Å². The highest BCUT2D eigenvalue weighted by atomic mass is 16.1. The van der Waals surface area contributed by atoms with Gasteiger partial charge in [-0.3, -0.25) is 9.89 Å². The minimum Gasteiger partial charge on any atom is -0.352 e. The van der Waals surface area contributed by atoms with Crippen LogP contribution in [0.25, 0.3) is 11.3 Å². The van der Waals surface area contributed by atoms with Gasteiger partial charge in [-0.05, 0) is 55.5 Å². The van der Waals surface area contributed by atoms with E-state index in [2.05, 4.69) is 32.4 Å². The quantitative estimate of drug-likeness (QED) is 0.743. The maximum atomic E-state index is 12.3. The third-order valence-corrected chi connectivity index (χ3v) is 4.78. The monoisotopic (exact) mass is 347 g/mol. The van der Waals surface area contributed by atoms with Crippen LogP contribution in [0.4, 0.5) is 0 Å². The summed E-state index contributed by atoms with van der Waals surface area (Å²) >= 11 is 0. The zero-order chi connectivity index (χ0) is 17.9. The molecule has 0 unspecified atom stereocenters. The fraction of sp³-hybridized carbons (Fsp3) is 0.300. The molecule has 0 saturated heterocycles. The van der Waals surface area contributed by atoms with E-state index in [1.807, 2.05) is 30.3 Å². The molecule has 2 heterocycles. The molecule has 1 aromatic carbocycles. The van der Waals surface area contributed by atoms with Gasteiger partial charge in [0.1, 0.15) is 5.82 Å². The molecule has 1 aliphatic rings. The van der Waals surface area contributed by atoms with Gasteiger partial charge in [-0.2, -0.15) is 5.10 Å². The number of carbonyl (C=O) groups excluding carboxylic acids is 1. The second-order valence-corrected chi connectivity index (χ2v) is 6.56. The highest BCUT2D eigenvalue weighted by molar-refractivity contribution is 5.94. The Morgan fingerprint density at radius 1 is 1.15 bits per heavy atom. The highest BCUT2D eigenvalue weighted by Gasteiger charge is 2.17. The average Bonchev–Trinajstić information content (AvgIpc) is 3.34. The molecule has 0 fully saturated rings. The first-order valence-corrected chi connectivity index (χ1v) is 8.94. The zero-order valence-electron chi connectivity index (χ0n) is 14.7. The number of aryl methyl sites for hydroxylation is 2. The number of rotatable bonds is 5. The lowest BCUT2D eigenvalue weighted by Gasteiger charge is -2.08. The van der Waals surface area contributed by atoms with Crippen molar-refractivity contribution in [2.45, 2.75) is 32.6 Å². The number of carbonyl (C=O) groups is 1. The lowest BCUT2D eigenvalue weighted by molar-refractivity contribution is 0.0954. The van der Waals surface area contributed by atoms with E-state index >= 15 is 0 Å². The predicted molar refractivity (Wildman–Crippen MR) is 98.9 cm³/mol. The van der Waals surface area contributed by atoms with Crippen molar-refractivity contribution in [1.82, 2.24) is 25.5 Å². The van der Waals surface area contributed by atoms with Crippen LogP contribution in [-0.4, -0.2) is 32.6 Å². The lowest BCUT2D eigenvalue weighted by Crippen LogP contribution is -2.26. The number of hydrogen-bond acceptors (Lipinski definition) is 4. The standard InChI is InChI=1S/C20H21N5O/c1-13-16-3-2-4-18(16)24-19(23-13)10-11-21-20(26)15-7-5-14(6-8-15)17-9-12-22-25-17/h5-9,12H,2-4,10-11H2,1H3,(H,21,26)(H,22,25). The van der Waals surface area contributed by atoms with Gasteiger partial charge in [0.05, 0.1) is 5.69 Å². The number of aromatic nitrogens is 4. The Balaban J connectivity index is 1.35. The fourth-order valence-corrected chi connectivity index (χ4v) is 3.40. The summed E-state index contributed by atoms with van der Waals surface area (Å²) in [6.45, 7) is 2.58. The number of amides is 1. The summed E-state index contributed by atoms with van der Waals surface area (Å²) < 4.78 is 0. The molecule has 0 radical (unpaired) electrons. The molecule has 26 heavy (non-hydrogen) atoms.